The highest BCUT2D eigenvalue weighted by molar-refractivity contribution is 9.10. The van der Waals surface area contributed by atoms with Gasteiger partial charge in [-0.05, 0) is 44.4 Å². The Morgan fingerprint density at radius 3 is 2.62 bits per heavy atom. The highest BCUT2D eigenvalue weighted by Crippen LogP contribution is 2.16. The van der Waals surface area contributed by atoms with Crippen molar-refractivity contribution < 1.29 is 4.79 Å². The number of anilines is 1. The SMILES string of the molecule is O=C(Cc1ccc2ccccc2c1)Nc1ccc(Br)cn1. The Hall–Kier alpha value is -2.20. The van der Waals surface area contributed by atoms with Crippen molar-refractivity contribution in [3.05, 3.63) is 70.8 Å². The van der Waals surface area contributed by atoms with Gasteiger partial charge in [0.1, 0.15) is 5.82 Å². The minimum Gasteiger partial charge on any atom is -0.310 e. The van der Waals surface area contributed by atoms with Crippen molar-refractivity contribution in [2.75, 3.05) is 5.32 Å². The van der Waals surface area contributed by atoms with E-state index in [4.69, 9.17) is 0 Å². The molecule has 0 atom stereocenters. The van der Waals surface area contributed by atoms with Crippen LogP contribution in [0.2, 0.25) is 0 Å². The van der Waals surface area contributed by atoms with Crippen LogP contribution in [-0.2, 0) is 11.2 Å². The zero-order chi connectivity index (χ0) is 14.7. The third kappa shape index (κ3) is 3.47. The van der Waals surface area contributed by atoms with Crippen molar-refractivity contribution in [1.82, 2.24) is 4.98 Å². The maximum Gasteiger partial charge on any atom is 0.229 e. The molecule has 0 fully saturated rings. The fraction of sp³-hybridized carbons (Fsp3) is 0.0588. The fourth-order valence-electron chi connectivity index (χ4n) is 2.17. The Bertz CT molecular complexity index is 784. The van der Waals surface area contributed by atoms with Crippen molar-refractivity contribution >= 4 is 38.4 Å². The van der Waals surface area contributed by atoms with E-state index in [0.717, 1.165) is 15.4 Å². The molecule has 1 amide bonds. The predicted octanol–water partition coefficient (Wildman–Crippen LogP) is 4.18. The minimum atomic E-state index is -0.0693. The maximum atomic E-state index is 12.0. The van der Waals surface area contributed by atoms with Crippen molar-refractivity contribution in [3.63, 3.8) is 0 Å². The van der Waals surface area contributed by atoms with Gasteiger partial charge in [0, 0.05) is 10.7 Å². The zero-order valence-electron chi connectivity index (χ0n) is 11.2. The molecule has 1 aromatic heterocycles. The molecular formula is C17H13BrN2O. The second kappa shape index (κ2) is 6.06. The van der Waals surface area contributed by atoms with E-state index in [1.54, 1.807) is 12.3 Å². The number of aromatic nitrogens is 1. The van der Waals surface area contributed by atoms with Crippen LogP contribution in [0.5, 0.6) is 0 Å². The summed E-state index contributed by atoms with van der Waals surface area (Å²) in [6.07, 6.45) is 1.99. The second-order valence-electron chi connectivity index (χ2n) is 4.77. The number of amides is 1. The summed E-state index contributed by atoms with van der Waals surface area (Å²) in [7, 11) is 0. The van der Waals surface area contributed by atoms with E-state index >= 15 is 0 Å². The molecule has 1 N–H and O–H groups in total. The molecule has 21 heavy (non-hydrogen) atoms. The lowest BCUT2D eigenvalue weighted by atomic mass is 10.1. The van der Waals surface area contributed by atoms with Crippen LogP contribution < -0.4 is 5.32 Å². The Kier molecular flexibility index (Phi) is 3.97. The number of benzene rings is 2. The smallest absolute Gasteiger partial charge is 0.229 e. The molecule has 0 radical (unpaired) electrons. The molecule has 3 rings (SSSR count). The number of carbonyl (C=O) groups excluding carboxylic acids is 1. The average Bonchev–Trinajstić information content (AvgIpc) is 2.49. The van der Waals surface area contributed by atoms with Crippen LogP contribution in [0.1, 0.15) is 5.56 Å². The van der Waals surface area contributed by atoms with Gasteiger partial charge in [-0.25, -0.2) is 4.98 Å². The molecule has 0 aliphatic heterocycles. The number of nitrogens with one attached hydrogen (secondary N) is 1. The van der Waals surface area contributed by atoms with Crippen LogP contribution >= 0.6 is 15.9 Å². The minimum absolute atomic E-state index is 0.0693. The van der Waals surface area contributed by atoms with E-state index < -0.39 is 0 Å². The van der Waals surface area contributed by atoms with Gasteiger partial charge in [0.25, 0.3) is 0 Å². The Balaban J connectivity index is 1.72. The van der Waals surface area contributed by atoms with Gasteiger partial charge in [0.15, 0.2) is 0 Å². The van der Waals surface area contributed by atoms with Gasteiger partial charge in [0.2, 0.25) is 5.91 Å². The molecule has 0 saturated carbocycles. The molecule has 3 aromatic rings. The summed E-state index contributed by atoms with van der Waals surface area (Å²) in [5, 5.41) is 5.11. The van der Waals surface area contributed by atoms with Gasteiger partial charge in [-0.1, -0.05) is 42.5 Å². The van der Waals surface area contributed by atoms with Gasteiger partial charge < -0.3 is 5.32 Å². The molecule has 0 spiro atoms. The number of carbonyl (C=O) groups is 1. The summed E-state index contributed by atoms with van der Waals surface area (Å²) < 4.78 is 0.884. The van der Waals surface area contributed by atoms with Crippen LogP contribution in [0, 0.1) is 0 Å². The van der Waals surface area contributed by atoms with Crippen molar-refractivity contribution in [2.45, 2.75) is 6.42 Å². The highest BCUT2D eigenvalue weighted by Gasteiger charge is 2.05. The number of pyridine rings is 1. The molecule has 0 unspecified atom stereocenters. The maximum absolute atomic E-state index is 12.0. The standard InChI is InChI=1S/C17H13BrN2O/c18-15-7-8-16(19-11-15)20-17(21)10-12-5-6-13-3-1-2-4-14(13)9-12/h1-9,11H,10H2,(H,19,20,21). The van der Waals surface area contributed by atoms with Crippen LogP contribution in [0.3, 0.4) is 0 Å². The number of rotatable bonds is 3. The number of halogens is 1. The van der Waals surface area contributed by atoms with Crippen LogP contribution in [0.4, 0.5) is 5.82 Å². The molecule has 0 saturated heterocycles. The van der Waals surface area contributed by atoms with E-state index in [0.29, 0.717) is 12.2 Å². The topological polar surface area (TPSA) is 42.0 Å². The number of hydrogen-bond donors (Lipinski definition) is 1. The van der Waals surface area contributed by atoms with Crippen LogP contribution in [0.15, 0.2) is 65.3 Å². The molecule has 3 nitrogen and oxygen atoms in total. The third-order valence-electron chi connectivity index (χ3n) is 3.17. The average molecular weight is 341 g/mol. The van der Waals surface area contributed by atoms with E-state index in [1.165, 1.54) is 5.39 Å². The first-order valence-electron chi connectivity index (χ1n) is 6.60. The Labute approximate surface area is 131 Å². The molecule has 0 aliphatic carbocycles. The third-order valence-corrected chi connectivity index (χ3v) is 3.64. The van der Waals surface area contributed by atoms with Gasteiger partial charge >= 0.3 is 0 Å². The molecule has 2 aromatic carbocycles. The van der Waals surface area contributed by atoms with E-state index in [9.17, 15) is 4.79 Å². The van der Waals surface area contributed by atoms with E-state index in [1.807, 2.05) is 42.5 Å². The molecule has 1 heterocycles. The van der Waals surface area contributed by atoms with Gasteiger partial charge in [-0.2, -0.15) is 0 Å². The quantitative estimate of drug-likeness (QED) is 0.777. The number of fused-ring (bicyclic) bond motifs is 1. The van der Waals surface area contributed by atoms with Gasteiger partial charge in [-0.3, -0.25) is 4.79 Å². The lowest BCUT2D eigenvalue weighted by molar-refractivity contribution is -0.115. The van der Waals surface area contributed by atoms with Crippen LogP contribution in [-0.4, -0.2) is 10.9 Å². The summed E-state index contributed by atoms with van der Waals surface area (Å²) in [5.41, 5.74) is 0.989. The summed E-state index contributed by atoms with van der Waals surface area (Å²) in [6, 6.07) is 17.8. The highest BCUT2D eigenvalue weighted by atomic mass is 79.9. The van der Waals surface area contributed by atoms with Gasteiger partial charge in [0.05, 0.1) is 6.42 Å². The summed E-state index contributed by atoms with van der Waals surface area (Å²) >= 11 is 3.31. The summed E-state index contributed by atoms with van der Waals surface area (Å²) in [4.78, 5) is 16.2. The Morgan fingerprint density at radius 1 is 1.05 bits per heavy atom. The van der Waals surface area contributed by atoms with Crippen molar-refractivity contribution in [2.24, 2.45) is 0 Å². The lowest BCUT2D eigenvalue weighted by Gasteiger charge is -2.06. The van der Waals surface area contributed by atoms with Crippen molar-refractivity contribution in [1.29, 1.82) is 0 Å². The molecule has 0 bridgehead atoms. The number of hydrogen-bond acceptors (Lipinski definition) is 2. The van der Waals surface area contributed by atoms with E-state index in [2.05, 4.69) is 32.3 Å². The molecule has 4 heteroatoms. The fourth-order valence-corrected chi connectivity index (χ4v) is 2.41. The first-order valence-corrected chi connectivity index (χ1v) is 7.39. The van der Waals surface area contributed by atoms with Gasteiger partial charge in [-0.15, -0.1) is 0 Å². The Morgan fingerprint density at radius 2 is 1.86 bits per heavy atom. The monoisotopic (exact) mass is 340 g/mol. The largest absolute Gasteiger partial charge is 0.310 e. The normalized spacial score (nSPS) is 10.5. The summed E-state index contributed by atoms with van der Waals surface area (Å²) in [5.74, 6) is 0.490. The summed E-state index contributed by atoms with van der Waals surface area (Å²) in [6.45, 7) is 0. The number of nitrogens with zero attached hydrogens (tertiary/aromatic N) is 1. The first kappa shape index (κ1) is 13.8. The van der Waals surface area contributed by atoms with E-state index in [-0.39, 0.29) is 5.91 Å². The molecular weight excluding hydrogens is 328 g/mol. The second-order valence-corrected chi connectivity index (χ2v) is 5.68. The zero-order valence-corrected chi connectivity index (χ0v) is 12.8. The first-order chi connectivity index (χ1) is 10.2. The molecule has 104 valence electrons. The van der Waals surface area contributed by atoms with Crippen molar-refractivity contribution in [3.8, 4) is 0 Å². The predicted molar refractivity (Wildman–Crippen MR) is 88.2 cm³/mol. The lowest BCUT2D eigenvalue weighted by Crippen LogP contribution is -2.15. The molecule has 0 aliphatic rings. The van der Waals surface area contributed by atoms with Crippen LogP contribution in [0.25, 0.3) is 10.8 Å².